The van der Waals surface area contributed by atoms with E-state index in [1.54, 1.807) is 4.72 Å². The molecule has 0 rings (SSSR count). The molecule has 0 aliphatic carbocycles. The molecule has 0 aromatic heterocycles. The van der Waals surface area contributed by atoms with Gasteiger partial charge in [-0.3, -0.25) is 0 Å². The minimum Gasteiger partial charge on any atom is -0.195 e. The number of halogens is 3. The number of hydrogen-bond acceptors (Lipinski definition) is 2. The second-order valence-corrected chi connectivity index (χ2v) is 3.55. The van der Waals surface area contributed by atoms with Crippen LogP contribution in [0.2, 0.25) is 0 Å². The minimum absolute atomic E-state index is 0.354. The fraction of sp³-hybridized carbons (Fsp3) is 0.600. The molecular formula is C5H7F3N2O2S. The molecule has 0 aliphatic rings. The normalized spacial score (nSPS) is 12.5. The summed E-state index contributed by atoms with van der Waals surface area (Å²) in [5.74, 6) is 1.91. The first-order valence-corrected chi connectivity index (χ1v) is 4.49. The second-order valence-electron chi connectivity index (χ2n) is 1.96. The Kier molecular flexibility index (Phi) is 4.19. The SMILES string of the molecule is C#CCNS(=O)(=O)NCC(F)(F)F. The average Bonchev–Trinajstić information content (AvgIpc) is 1.97. The van der Waals surface area contributed by atoms with Crippen LogP contribution in [0.1, 0.15) is 0 Å². The van der Waals surface area contributed by atoms with Gasteiger partial charge < -0.3 is 0 Å². The van der Waals surface area contributed by atoms with Gasteiger partial charge in [0.25, 0.3) is 10.2 Å². The van der Waals surface area contributed by atoms with Gasteiger partial charge in [-0.2, -0.15) is 31.0 Å². The van der Waals surface area contributed by atoms with Crippen molar-refractivity contribution in [3.63, 3.8) is 0 Å². The standard InChI is InChI=1S/C5H7F3N2O2S/c1-2-3-9-13(11,12)10-4-5(6,7)8/h1,9-10H,3-4H2. The molecule has 8 heteroatoms. The molecule has 0 heterocycles. The molecule has 0 aromatic rings. The van der Waals surface area contributed by atoms with Gasteiger partial charge in [0.05, 0.1) is 6.54 Å². The highest BCUT2D eigenvalue weighted by Crippen LogP contribution is 2.12. The van der Waals surface area contributed by atoms with Crippen molar-refractivity contribution in [2.45, 2.75) is 6.18 Å². The van der Waals surface area contributed by atoms with E-state index in [2.05, 4.69) is 0 Å². The maximum absolute atomic E-state index is 11.5. The smallest absolute Gasteiger partial charge is 0.195 e. The van der Waals surface area contributed by atoms with Gasteiger partial charge in [-0.25, -0.2) is 0 Å². The first-order chi connectivity index (χ1) is 5.77. The summed E-state index contributed by atoms with van der Waals surface area (Å²) in [4.78, 5) is 0. The van der Waals surface area contributed by atoms with Crippen LogP contribution < -0.4 is 9.44 Å². The maximum Gasteiger partial charge on any atom is 0.402 e. The van der Waals surface area contributed by atoms with Crippen LogP contribution in [0.4, 0.5) is 13.2 Å². The molecule has 2 N–H and O–H groups in total. The van der Waals surface area contributed by atoms with E-state index in [4.69, 9.17) is 6.42 Å². The molecule has 0 atom stereocenters. The fourth-order valence-electron chi connectivity index (χ4n) is 0.365. The molecule has 76 valence electrons. The van der Waals surface area contributed by atoms with Gasteiger partial charge in [0.2, 0.25) is 0 Å². The van der Waals surface area contributed by atoms with Crippen molar-refractivity contribution in [2.75, 3.05) is 13.1 Å². The van der Waals surface area contributed by atoms with Crippen molar-refractivity contribution in [1.82, 2.24) is 9.44 Å². The Balaban J connectivity index is 4.00. The minimum atomic E-state index is -4.58. The van der Waals surface area contributed by atoms with Gasteiger partial charge in [-0.15, -0.1) is 6.42 Å². The highest BCUT2D eigenvalue weighted by molar-refractivity contribution is 7.87. The van der Waals surface area contributed by atoms with Crippen LogP contribution in [-0.4, -0.2) is 27.7 Å². The number of terminal acetylenes is 1. The summed E-state index contributed by atoms with van der Waals surface area (Å²) in [6.07, 6.45) is 0.112. The summed E-state index contributed by atoms with van der Waals surface area (Å²) in [6, 6.07) is 0. The van der Waals surface area contributed by atoms with Gasteiger partial charge in [-0.1, -0.05) is 5.92 Å². The van der Waals surface area contributed by atoms with E-state index in [0.717, 1.165) is 0 Å². The van der Waals surface area contributed by atoms with Crippen molar-refractivity contribution in [1.29, 1.82) is 0 Å². The quantitative estimate of drug-likeness (QED) is 0.628. The maximum atomic E-state index is 11.5. The molecule has 13 heavy (non-hydrogen) atoms. The molecule has 0 saturated carbocycles. The Morgan fingerprint density at radius 1 is 1.31 bits per heavy atom. The van der Waals surface area contributed by atoms with Crippen molar-refractivity contribution in [2.24, 2.45) is 0 Å². The van der Waals surface area contributed by atoms with Crippen LogP contribution in [0.25, 0.3) is 0 Å². The number of rotatable bonds is 4. The Morgan fingerprint density at radius 3 is 2.23 bits per heavy atom. The van der Waals surface area contributed by atoms with Gasteiger partial charge in [0.1, 0.15) is 6.54 Å². The fourth-order valence-corrected chi connectivity index (χ4v) is 1.09. The molecule has 0 radical (unpaired) electrons. The molecular weight excluding hydrogens is 209 g/mol. The Bertz CT molecular complexity index is 290. The van der Waals surface area contributed by atoms with Gasteiger partial charge in [0.15, 0.2) is 0 Å². The van der Waals surface area contributed by atoms with Crippen molar-refractivity contribution < 1.29 is 21.6 Å². The Labute approximate surface area is 73.7 Å². The third-order valence-corrected chi connectivity index (χ3v) is 1.88. The number of hydrogen-bond donors (Lipinski definition) is 2. The highest BCUT2D eigenvalue weighted by atomic mass is 32.2. The molecule has 0 spiro atoms. The molecule has 0 aromatic carbocycles. The van der Waals surface area contributed by atoms with E-state index in [1.165, 1.54) is 4.72 Å². The van der Waals surface area contributed by atoms with Crippen LogP contribution in [0.5, 0.6) is 0 Å². The summed E-state index contributed by atoms with van der Waals surface area (Å²) < 4.78 is 58.8. The van der Waals surface area contributed by atoms with Crippen LogP contribution in [0.15, 0.2) is 0 Å². The van der Waals surface area contributed by atoms with Crippen molar-refractivity contribution >= 4 is 10.2 Å². The molecule has 4 nitrogen and oxygen atoms in total. The summed E-state index contributed by atoms with van der Waals surface area (Å²) in [5.41, 5.74) is 0. The molecule has 0 saturated heterocycles. The van der Waals surface area contributed by atoms with E-state index in [0.29, 0.717) is 0 Å². The zero-order valence-corrected chi connectivity index (χ0v) is 7.17. The molecule has 0 aliphatic heterocycles. The van der Waals surface area contributed by atoms with Crippen molar-refractivity contribution in [3.8, 4) is 12.3 Å². The first kappa shape index (κ1) is 12.2. The third kappa shape index (κ3) is 7.58. The lowest BCUT2D eigenvalue weighted by atomic mass is 10.7. The monoisotopic (exact) mass is 216 g/mol. The Morgan fingerprint density at radius 2 is 1.85 bits per heavy atom. The topological polar surface area (TPSA) is 58.2 Å². The van der Waals surface area contributed by atoms with Crippen molar-refractivity contribution in [3.05, 3.63) is 0 Å². The molecule has 0 bridgehead atoms. The predicted octanol–water partition coefficient (Wildman–Crippen LogP) is -0.394. The van der Waals surface area contributed by atoms with Gasteiger partial charge >= 0.3 is 6.18 Å². The lowest BCUT2D eigenvalue weighted by molar-refractivity contribution is -0.121. The van der Waals surface area contributed by atoms with E-state index < -0.39 is 22.9 Å². The number of nitrogens with one attached hydrogen (secondary N) is 2. The lowest BCUT2D eigenvalue weighted by Gasteiger charge is -2.08. The van der Waals surface area contributed by atoms with E-state index in [-0.39, 0.29) is 6.54 Å². The van der Waals surface area contributed by atoms with E-state index in [9.17, 15) is 21.6 Å². The second kappa shape index (κ2) is 4.45. The number of alkyl halides is 3. The zero-order chi connectivity index (χ0) is 10.5. The zero-order valence-electron chi connectivity index (χ0n) is 6.35. The third-order valence-electron chi connectivity index (χ3n) is 0.827. The van der Waals surface area contributed by atoms with Crippen LogP contribution >= 0.6 is 0 Å². The molecule has 0 unspecified atom stereocenters. The molecule has 0 fully saturated rings. The van der Waals surface area contributed by atoms with E-state index in [1.807, 2.05) is 5.92 Å². The van der Waals surface area contributed by atoms with Crippen LogP contribution in [-0.2, 0) is 10.2 Å². The van der Waals surface area contributed by atoms with Crippen LogP contribution in [0.3, 0.4) is 0 Å². The van der Waals surface area contributed by atoms with Gasteiger partial charge in [0, 0.05) is 0 Å². The predicted molar refractivity (Wildman–Crippen MR) is 39.8 cm³/mol. The summed E-state index contributed by atoms with van der Waals surface area (Å²) in [7, 11) is -4.14. The van der Waals surface area contributed by atoms with E-state index >= 15 is 0 Å². The first-order valence-electron chi connectivity index (χ1n) is 3.01. The largest absolute Gasteiger partial charge is 0.402 e. The summed E-state index contributed by atoms with van der Waals surface area (Å²) in [5, 5.41) is 0. The molecule has 0 amide bonds. The summed E-state index contributed by atoms with van der Waals surface area (Å²) >= 11 is 0. The Hall–Kier alpha value is -0.780. The highest BCUT2D eigenvalue weighted by Gasteiger charge is 2.29. The summed E-state index contributed by atoms with van der Waals surface area (Å²) in [6.45, 7) is -1.97. The average molecular weight is 216 g/mol. The van der Waals surface area contributed by atoms with Crippen LogP contribution in [0, 0.1) is 12.3 Å². The lowest BCUT2D eigenvalue weighted by Crippen LogP contribution is -2.41. The van der Waals surface area contributed by atoms with Gasteiger partial charge in [-0.05, 0) is 0 Å².